The number of nitrogens with two attached hydrogens (primary N) is 1. The van der Waals surface area contributed by atoms with Crippen LogP contribution in [0.15, 0.2) is 0 Å². The Labute approximate surface area is 88.6 Å². The Bertz CT molecular complexity index is 192. The standard InChI is InChI=1S/C10H19F3N2/c1-8(14)9-3-6-15(7-9)5-2-4-10(11,12)13/h8-9H,2-7,14H2,1H3. The van der Waals surface area contributed by atoms with Gasteiger partial charge in [-0.1, -0.05) is 0 Å². The van der Waals surface area contributed by atoms with E-state index in [-0.39, 0.29) is 12.5 Å². The third-order valence-corrected chi connectivity index (χ3v) is 2.99. The summed E-state index contributed by atoms with van der Waals surface area (Å²) in [6.45, 7) is 4.26. The zero-order valence-corrected chi connectivity index (χ0v) is 9.06. The van der Waals surface area contributed by atoms with Crippen molar-refractivity contribution in [1.29, 1.82) is 0 Å². The van der Waals surface area contributed by atoms with Crippen molar-refractivity contribution in [3.63, 3.8) is 0 Å². The molecule has 1 saturated heterocycles. The molecule has 1 heterocycles. The second kappa shape index (κ2) is 5.16. The maximum atomic E-state index is 11.9. The van der Waals surface area contributed by atoms with Gasteiger partial charge in [0, 0.05) is 19.0 Å². The van der Waals surface area contributed by atoms with E-state index >= 15 is 0 Å². The van der Waals surface area contributed by atoms with Crippen LogP contribution in [-0.2, 0) is 0 Å². The van der Waals surface area contributed by atoms with Gasteiger partial charge in [-0.25, -0.2) is 0 Å². The van der Waals surface area contributed by atoms with Crippen LogP contribution in [-0.4, -0.2) is 36.8 Å². The van der Waals surface area contributed by atoms with Gasteiger partial charge in [-0.2, -0.15) is 13.2 Å². The van der Waals surface area contributed by atoms with Crippen LogP contribution < -0.4 is 5.73 Å². The van der Waals surface area contributed by atoms with Crippen molar-refractivity contribution in [2.45, 2.75) is 38.4 Å². The third-order valence-electron chi connectivity index (χ3n) is 2.99. The molecular weight excluding hydrogens is 205 g/mol. The van der Waals surface area contributed by atoms with Gasteiger partial charge in [0.2, 0.25) is 0 Å². The Morgan fingerprint density at radius 3 is 2.60 bits per heavy atom. The van der Waals surface area contributed by atoms with E-state index in [2.05, 4.69) is 4.90 Å². The molecule has 1 aliphatic heterocycles. The first-order chi connectivity index (χ1) is 6.88. The Balaban J connectivity index is 2.14. The van der Waals surface area contributed by atoms with Gasteiger partial charge in [0.05, 0.1) is 0 Å². The number of nitrogens with zero attached hydrogens (tertiary/aromatic N) is 1. The number of alkyl halides is 3. The molecule has 1 aliphatic rings. The maximum Gasteiger partial charge on any atom is 0.389 e. The molecule has 0 radical (unpaired) electrons. The van der Waals surface area contributed by atoms with Crippen molar-refractivity contribution in [2.75, 3.05) is 19.6 Å². The van der Waals surface area contributed by atoms with E-state index < -0.39 is 12.6 Å². The fraction of sp³-hybridized carbons (Fsp3) is 1.00. The van der Waals surface area contributed by atoms with Gasteiger partial charge < -0.3 is 10.6 Å². The predicted molar refractivity (Wildman–Crippen MR) is 53.5 cm³/mol. The molecule has 2 atom stereocenters. The summed E-state index contributed by atoms with van der Waals surface area (Å²) in [7, 11) is 0. The Morgan fingerprint density at radius 2 is 2.13 bits per heavy atom. The van der Waals surface area contributed by atoms with Crippen LogP contribution in [0.25, 0.3) is 0 Å². The molecule has 0 aliphatic carbocycles. The number of likely N-dealkylation sites (tertiary alicyclic amines) is 1. The smallest absolute Gasteiger partial charge is 0.328 e. The highest BCUT2D eigenvalue weighted by Gasteiger charge is 2.28. The third kappa shape index (κ3) is 4.84. The van der Waals surface area contributed by atoms with Crippen molar-refractivity contribution in [3.8, 4) is 0 Å². The summed E-state index contributed by atoms with van der Waals surface area (Å²) in [6.07, 6.45) is -3.47. The molecule has 0 aromatic rings. The van der Waals surface area contributed by atoms with E-state index in [1.54, 1.807) is 0 Å². The van der Waals surface area contributed by atoms with Gasteiger partial charge in [-0.05, 0) is 38.8 Å². The lowest BCUT2D eigenvalue weighted by Gasteiger charge is -2.17. The number of rotatable bonds is 4. The molecule has 2 unspecified atom stereocenters. The van der Waals surface area contributed by atoms with E-state index in [9.17, 15) is 13.2 Å². The number of hydrogen-bond donors (Lipinski definition) is 1. The topological polar surface area (TPSA) is 29.3 Å². The fourth-order valence-corrected chi connectivity index (χ4v) is 2.00. The van der Waals surface area contributed by atoms with Crippen LogP contribution in [0.2, 0.25) is 0 Å². The maximum absolute atomic E-state index is 11.9. The molecule has 1 rings (SSSR count). The van der Waals surface area contributed by atoms with Crippen molar-refractivity contribution in [1.82, 2.24) is 4.90 Å². The van der Waals surface area contributed by atoms with Crippen molar-refractivity contribution in [2.24, 2.45) is 11.7 Å². The molecule has 0 saturated carbocycles. The fourth-order valence-electron chi connectivity index (χ4n) is 2.00. The molecule has 1 fully saturated rings. The van der Waals surface area contributed by atoms with Crippen molar-refractivity contribution in [3.05, 3.63) is 0 Å². The summed E-state index contributed by atoms with van der Waals surface area (Å²) >= 11 is 0. The average Bonchev–Trinajstić information content (AvgIpc) is 2.50. The van der Waals surface area contributed by atoms with Crippen LogP contribution in [0.1, 0.15) is 26.2 Å². The summed E-state index contributed by atoms with van der Waals surface area (Å²) in [4.78, 5) is 2.08. The first-order valence-electron chi connectivity index (χ1n) is 5.43. The predicted octanol–water partition coefficient (Wildman–Crippen LogP) is 2.00. The second-order valence-corrected chi connectivity index (χ2v) is 4.43. The number of hydrogen-bond acceptors (Lipinski definition) is 2. The van der Waals surface area contributed by atoms with Crippen LogP contribution >= 0.6 is 0 Å². The summed E-state index contributed by atoms with van der Waals surface area (Å²) in [5.74, 6) is 0.455. The summed E-state index contributed by atoms with van der Waals surface area (Å²) in [5, 5.41) is 0. The lowest BCUT2D eigenvalue weighted by Crippen LogP contribution is -2.30. The second-order valence-electron chi connectivity index (χ2n) is 4.43. The molecule has 0 amide bonds. The molecule has 15 heavy (non-hydrogen) atoms. The van der Waals surface area contributed by atoms with E-state index in [0.717, 1.165) is 19.5 Å². The SMILES string of the molecule is CC(N)C1CCN(CCCC(F)(F)F)C1. The summed E-state index contributed by atoms with van der Waals surface area (Å²) in [6, 6.07) is 0.151. The zero-order chi connectivity index (χ0) is 11.5. The number of halogens is 3. The van der Waals surface area contributed by atoms with Crippen LogP contribution in [0.3, 0.4) is 0 Å². The van der Waals surface area contributed by atoms with Gasteiger partial charge in [-0.15, -0.1) is 0 Å². The lowest BCUT2D eigenvalue weighted by atomic mass is 10.0. The van der Waals surface area contributed by atoms with Gasteiger partial charge in [0.25, 0.3) is 0 Å². The molecule has 2 N–H and O–H groups in total. The minimum atomic E-state index is -4.01. The minimum absolute atomic E-state index is 0.151. The van der Waals surface area contributed by atoms with Crippen molar-refractivity contribution < 1.29 is 13.2 Å². The largest absolute Gasteiger partial charge is 0.389 e. The normalized spacial score (nSPS) is 25.8. The Hall–Kier alpha value is -0.290. The van der Waals surface area contributed by atoms with Gasteiger partial charge in [-0.3, -0.25) is 0 Å². The molecule has 0 aromatic heterocycles. The summed E-state index contributed by atoms with van der Waals surface area (Å²) < 4.78 is 35.7. The van der Waals surface area contributed by atoms with E-state index in [0.29, 0.717) is 12.5 Å². The van der Waals surface area contributed by atoms with Crippen LogP contribution in [0.5, 0.6) is 0 Å². The molecule has 5 heteroatoms. The monoisotopic (exact) mass is 224 g/mol. The molecule has 0 bridgehead atoms. The molecule has 0 spiro atoms. The molecule has 90 valence electrons. The van der Waals surface area contributed by atoms with E-state index in [1.165, 1.54) is 0 Å². The lowest BCUT2D eigenvalue weighted by molar-refractivity contribution is -0.136. The first kappa shape index (κ1) is 12.8. The average molecular weight is 224 g/mol. The molecule has 2 nitrogen and oxygen atoms in total. The van der Waals surface area contributed by atoms with E-state index in [4.69, 9.17) is 5.73 Å². The highest BCUT2D eigenvalue weighted by Crippen LogP contribution is 2.23. The molecular formula is C10H19F3N2. The highest BCUT2D eigenvalue weighted by molar-refractivity contribution is 4.80. The summed E-state index contributed by atoms with van der Waals surface area (Å²) in [5.41, 5.74) is 5.75. The van der Waals surface area contributed by atoms with Crippen LogP contribution in [0.4, 0.5) is 13.2 Å². The van der Waals surface area contributed by atoms with Gasteiger partial charge >= 0.3 is 6.18 Å². The van der Waals surface area contributed by atoms with Crippen molar-refractivity contribution >= 4 is 0 Å². The van der Waals surface area contributed by atoms with E-state index in [1.807, 2.05) is 6.92 Å². The zero-order valence-electron chi connectivity index (χ0n) is 9.06. The Morgan fingerprint density at radius 1 is 1.47 bits per heavy atom. The highest BCUT2D eigenvalue weighted by atomic mass is 19.4. The van der Waals surface area contributed by atoms with Crippen LogP contribution in [0, 0.1) is 5.92 Å². The first-order valence-corrected chi connectivity index (χ1v) is 5.43. The van der Waals surface area contributed by atoms with Gasteiger partial charge in [0.1, 0.15) is 0 Å². The van der Waals surface area contributed by atoms with Gasteiger partial charge in [0.15, 0.2) is 0 Å². The Kier molecular flexibility index (Phi) is 4.40. The minimum Gasteiger partial charge on any atom is -0.328 e. The quantitative estimate of drug-likeness (QED) is 0.791. The molecule has 0 aromatic carbocycles.